The average molecular weight is 368 g/mol. The number of nitro benzene ring substituents is 1. The van der Waals surface area contributed by atoms with E-state index < -0.39 is 16.9 Å². The van der Waals surface area contributed by atoms with Gasteiger partial charge in [0.2, 0.25) is 11.8 Å². The molecule has 140 valence electrons. The van der Waals surface area contributed by atoms with Crippen molar-refractivity contribution < 1.29 is 14.5 Å². The van der Waals surface area contributed by atoms with Gasteiger partial charge in [0.15, 0.2) is 0 Å². The summed E-state index contributed by atoms with van der Waals surface area (Å²) < 4.78 is 0. The highest BCUT2D eigenvalue weighted by atomic mass is 16.6. The SMILES string of the molecule is Cc1ccc([N+](=O)[O-])cc1NC(=O)CN1Cc2ccccc2C[C@H]1C(N)=O. The summed E-state index contributed by atoms with van der Waals surface area (Å²) in [6.07, 6.45) is 0.453. The molecule has 0 unspecified atom stereocenters. The minimum absolute atomic E-state index is 0.0376. The van der Waals surface area contributed by atoms with Crippen molar-refractivity contribution in [1.82, 2.24) is 4.90 Å². The molecule has 1 atom stereocenters. The van der Waals surface area contributed by atoms with Crippen molar-refractivity contribution in [3.63, 3.8) is 0 Å². The smallest absolute Gasteiger partial charge is 0.271 e. The van der Waals surface area contributed by atoms with E-state index in [1.807, 2.05) is 24.3 Å². The Morgan fingerprint density at radius 3 is 2.63 bits per heavy atom. The van der Waals surface area contributed by atoms with Crippen LogP contribution in [0.4, 0.5) is 11.4 Å². The highest BCUT2D eigenvalue weighted by molar-refractivity contribution is 5.94. The number of nitrogens with zero attached hydrogens (tertiary/aromatic N) is 2. The van der Waals surface area contributed by atoms with Crippen LogP contribution in [0.5, 0.6) is 0 Å². The van der Waals surface area contributed by atoms with Crippen molar-refractivity contribution in [2.75, 3.05) is 11.9 Å². The highest BCUT2D eigenvalue weighted by Gasteiger charge is 2.31. The summed E-state index contributed by atoms with van der Waals surface area (Å²) in [4.78, 5) is 36.5. The fourth-order valence-corrected chi connectivity index (χ4v) is 3.26. The van der Waals surface area contributed by atoms with E-state index in [1.165, 1.54) is 12.1 Å². The molecule has 27 heavy (non-hydrogen) atoms. The summed E-state index contributed by atoms with van der Waals surface area (Å²) >= 11 is 0. The second-order valence-corrected chi connectivity index (χ2v) is 6.60. The zero-order chi connectivity index (χ0) is 19.6. The van der Waals surface area contributed by atoms with Crippen LogP contribution in [0.2, 0.25) is 0 Å². The molecule has 0 aliphatic carbocycles. The van der Waals surface area contributed by atoms with Gasteiger partial charge in [-0.15, -0.1) is 0 Å². The molecule has 1 heterocycles. The molecule has 0 bridgehead atoms. The van der Waals surface area contributed by atoms with Crippen LogP contribution in [-0.4, -0.2) is 34.2 Å². The maximum Gasteiger partial charge on any atom is 0.271 e. The normalized spacial score (nSPS) is 16.4. The molecule has 0 saturated carbocycles. The third-order valence-corrected chi connectivity index (χ3v) is 4.73. The lowest BCUT2D eigenvalue weighted by Gasteiger charge is -2.34. The number of nitro groups is 1. The van der Waals surface area contributed by atoms with Crippen LogP contribution in [0, 0.1) is 17.0 Å². The van der Waals surface area contributed by atoms with E-state index in [2.05, 4.69) is 5.32 Å². The minimum Gasteiger partial charge on any atom is -0.368 e. The Hall–Kier alpha value is -3.26. The largest absolute Gasteiger partial charge is 0.368 e. The van der Waals surface area contributed by atoms with E-state index in [9.17, 15) is 19.7 Å². The Morgan fingerprint density at radius 1 is 1.26 bits per heavy atom. The second kappa shape index (κ2) is 7.55. The molecule has 8 heteroatoms. The standard InChI is InChI=1S/C19H20N4O4/c1-12-6-7-15(23(26)27)9-16(12)21-18(24)11-22-10-14-5-3-2-4-13(14)8-17(22)19(20)25/h2-7,9,17H,8,10-11H2,1H3,(H2,20,25)(H,21,24)/t17-/m0/s1. The number of hydrogen-bond acceptors (Lipinski definition) is 5. The van der Waals surface area contributed by atoms with E-state index in [0.717, 1.165) is 11.1 Å². The number of primary amides is 1. The number of nitrogens with one attached hydrogen (secondary N) is 1. The molecule has 0 saturated heterocycles. The van der Waals surface area contributed by atoms with Crippen molar-refractivity contribution in [1.29, 1.82) is 0 Å². The predicted octanol–water partition coefficient (Wildman–Crippen LogP) is 1.75. The molecule has 1 aliphatic heterocycles. The van der Waals surface area contributed by atoms with Gasteiger partial charge in [0.1, 0.15) is 0 Å². The van der Waals surface area contributed by atoms with Crippen molar-refractivity contribution in [2.45, 2.75) is 25.9 Å². The van der Waals surface area contributed by atoms with Gasteiger partial charge in [0.05, 0.1) is 23.2 Å². The number of fused-ring (bicyclic) bond motifs is 1. The van der Waals surface area contributed by atoms with Gasteiger partial charge in [-0.3, -0.25) is 24.6 Å². The lowest BCUT2D eigenvalue weighted by Crippen LogP contribution is -2.50. The van der Waals surface area contributed by atoms with E-state index >= 15 is 0 Å². The minimum atomic E-state index is -0.572. The van der Waals surface area contributed by atoms with Gasteiger partial charge in [0.25, 0.3) is 5.69 Å². The molecule has 3 N–H and O–H groups in total. The van der Waals surface area contributed by atoms with Crippen LogP contribution in [0.1, 0.15) is 16.7 Å². The second-order valence-electron chi connectivity index (χ2n) is 6.60. The van der Waals surface area contributed by atoms with Crippen molar-refractivity contribution in [3.8, 4) is 0 Å². The number of nitrogens with two attached hydrogens (primary N) is 1. The summed E-state index contributed by atoms with van der Waals surface area (Å²) in [5, 5.41) is 13.6. The molecular formula is C19H20N4O4. The third-order valence-electron chi connectivity index (χ3n) is 4.73. The number of aryl methyl sites for hydroxylation is 1. The Morgan fingerprint density at radius 2 is 1.96 bits per heavy atom. The number of anilines is 1. The van der Waals surface area contributed by atoms with Crippen LogP contribution < -0.4 is 11.1 Å². The summed E-state index contributed by atoms with van der Waals surface area (Å²) in [6.45, 7) is 2.15. The van der Waals surface area contributed by atoms with Crippen LogP contribution in [-0.2, 0) is 22.6 Å². The molecule has 2 amide bonds. The van der Waals surface area contributed by atoms with Gasteiger partial charge >= 0.3 is 0 Å². The third kappa shape index (κ3) is 4.12. The number of non-ortho nitro benzene ring substituents is 1. The molecule has 0 spiro atoms. The van der Waals surface area contributed by atoms with Crippen molar-refractivity contribution >= 4 is 23.2 Å². The average Bonchev–Trinajstić information content (AvgIpc) is 2.62. The van der Waals surface area contributed by atoms with Crippen molar-refractivity contribution in [3.05, 3.63) is 69.3 Å². The first-order valence-corrected chi connectivity index (χ1v) is 8.50. The number of amides is 2. The summed E-state index contributed by atoms with van der Waals surface area (Å²) in [5.74, 6) is -0.840. The molecule has 2 aromatic rings. The zero-order valence-electron chi connectivity index (χ0n) is 14.8. The maximum atomic E-state index is 12.5. The number of carbonyl (C=O) groups is 2. The van der Waals surface area contributed by atoms with Gasteiger partial charge in [-0.25, -0.2) is 0 Å². The van der Waals surface area contributed by atoms with Crippen LogP contribution in [0.15, 0.2) is 42.5 Å². The van der Waals surface area contributed by atoms with Crippen LogP contribution in [0.3, 0.4) is 0 Å². The number of carbonyl (C=O) groups excluding carboxylic acids is 2. The Bertz CT molecular complexity index is 912. The van der Waals surface area contributed by atoms with Gasteiger partial charge in [-0.2, -0.15) is 0 Å². The number of rotatable bonds is 5. The number of benzene rings is 2. The van der Waals surface area contributed by atoms with E-state index in [0.29, 0.717) is 24.2 Å². The molecule has 0 radical (unpaired) electrons. The molecule has 0 fully saturated rings. The van der Waals surface area contributed by atoms with Crippen molar-refractivity contribution in [2.24, 2.45) is 5.73 Å². The Balaban J connectivity index is 1.76. The van der Waals surface area contributed by atoms with Gasteiger partial charge in [0, 0.05) is 18.7 Å². The first-order valence-electron chi connectivity index (χ1n) is 8.50. The first-order chi connectivity index (χ1) is 12.8. The highest BCUT2D eigenvalue weighted by Crippen LogP contribution is 2.24. The summed E-state index contributed by atoms with van der Waals surface area (Å²) in [5.41, 5.74) is 8.62. The van der Waals surface area contributed by atoms with Crippen LogP contribution in [0.25, 0.3) is 0 Å². The molecule has 3 rings (SSSR count). The summed E-state index contributed by atoms with van der Waals surface area (Å²) in [6, 6.07) is 11.4. The monoisotopic (exact) mass is 368 g/mol. The fraction of sp³-hybridized carbons (Fsp3) is 0.263. The lowest BCUT2D eigenvalue weighted by molar-refractivity contribution is -0.384. The lowest BCUT2D eigenvalue weighted by atomic mass is 9.93. The maximum absolute atomic E-state index is 12.5. The first kappa shape index (κ1) is 18.5. The quantitative estimate of drug-likeness (QED) is 0.616. The van der Waals surface area contributed by atoms with E-state index in [1.54, 1.807) is 17.9 Å². The molecule has 0 aromatic heterocycles. The Kier molecular flexibility index (Phi) is 5.18. The van der Waals surface area contributed by atoms with Gasteiger partial charge in [-0.1, -0.05) is 30.3 Å². The molecule has 8 nitrogen and oxygen atoms in total. The van der Waals surface area contributed by atoms with E-state index in [4.69, 9.17) is 5.73 Å². The van der Waals surface area contributed by atoms with Gasteiger partial charge < -0.3 is 11.1 Å². The number of hydrogen-bond donors (Lipinski definition) is 2. The van der Waals surface area contributed by atoms with E-state index in [-0.39, 0.29) is 18.1 Å². The molecule has 2 aromatic carbocycles. The summed E-state index contributed by atoms with van der Waals surface area (Å²) in [7, 11) is 0. The van der Waals surface area contributed by atoms with Gasteiger partial charge in [-0.05, 0) is 30.0 Å². The predicted molar refractivity (Wildman–Crippen MR) is 100 cm³/mol. The molecule has 1 aliphatic rings. The van der Waals surface area contributed by atoms with Crippen LogP contribution >= 0.6 is 0 Å². The fourth-order valence-electron chi connectivity index (χ4n) is 3.26. The topological polar surface area (TPSA) is 119 Å². The molecular weight excluding hydrogens is 348 g/mol. The Labute approximate surface area is 156 Å². The zero-order valence-corrected chi connectivity index (χ0v) is 14.8.